The van der Waals surface area contributed by atoms with Gasteiger partial charge in [0.15, 0.2) is 6.54 Å². The quantitative estimate of drug-likeness (QED) is 0.620. The molecule has 1 fully saturated rings. The Hall–Kier alpha value is -3.51. The Labute approximate surface area is 183 Å². The fourth-order valence-electron chi connectivity index (χ4n) is 3.73. The molecule has 31 heavy (non-hydrogen) atoms. The molecule has 1 aliphatic heterocycles. The Balaban J connectivity index is 1.24. The van der Waals surface area contributed by atoms with E-state index in [1.807, 2.05) is 66.7 Å². The number of hydrogen-bond donors (Lipinski definition) is 2. The first kappa shape index (κ1) is 20.8. The summed E-state index contributed by atoms with van der Waals surface area (Å²) in [6, 6.07) is 25.2. The van der Waals surface area contributed by atoms with Gasteiger partial charge in [0.1, 0.15) is 17.2 Å². The standard InChI is InChI=1S/C25H27N3O3/c1-30-24-9-5-6-21(18-24)28-16-14-27(15-17-28)19-25(29)26-20-10-12-23(13-11-20)31-22-7-3-2-4-8-22/h2-13,18H,14-17,19H2,1H3,(H,26,29)/p+1. The zero-order valence-electron chi connectivity index (χ0n) is 17.7. The molecule has 3 aromatic rings. The van der Waals surface area contributed by atoms with E-state index in [1.54, 1.807) is 7.11 Å². The van der Waals surface area contributed by atoms with Crippen LogP contribution in [0, 0.1) is 0 Å². The fraction of sp³-hybridized carbons (Fsp3) is 0.240. The zero-order chi connectivity index (χ0) is 21.5. The van der Waals surface area contributed by atoms with Crippen LogP contribution in [0.2, 0.25) is 0 Å². The van der Waals surface area contributed by atoms with Crippen LogP contribution >= 0.6 is 0 Å². The van der Waals surface area contributed by atoms with Gasteiger partial charge in [-0.25, -0.2) is 0 Å². The number of hydrogen-bond acceptors (Lipinski definition) is 4. The molecule has 0 unspecified atom stereocenters. The Morgan fingerprint density at radius 2 is 1.58 bits per heavy atom. The summed E-state index contributed by atoms with van der Waals surface area (Å²) in [5.74, 6) is 2.42. The van der Waals surface area contributed by atoms with Crippen molar-refractivity contribution in [1.82, 2.24) is 0 Å². The van der Waals surface area contributed by atoms with Crippen LogP contribution in [-0.2, 0) is 4.79 Å². The average Bonchev–Trinajstić information content (AvgIpc) is 2.81. The number of methoxy groups -OCH3 is 1. The summed E-state index contributed by atoms with van der Waals surface area (Å²) in [6.07, 6.45) is 0. The molecule has 6 heteroatoms. The predicted octanol–water partition coefficient (Wildman–Crippen LogP) is 2.83. The first-order valence-corrected chi connectivity index (χ1v) is 10.5. The largest absolute Gasteiger partial charge is 0.497 e. The summed E-state index contributed by atoms with van der Waals surface area (Å²) < 4.78 is 11.1. The molecule has 0 saturated carbocycles. The molecule has 3 aromatic carbocycles. The van der Waals surface area contributed by atoms with Gasteiger partial charge in [-0.05, 0) is 48.5 Å². The van der Waals surface area contributed by atoms with Crippen molar-refractivity contribution in [2.45, 2.75) is 0 Å². The van der Waals surface area contributed by atoms with E-state index in [0.717, 1.165) is 49.1 Å². The average molecular weight is 419 g/mol. The van der Waals surface area contributed by atoms with Crippen LogP contribution < -0.4 is 24.6 Å². The van der Waals surface area contributed by atoms with E-state index in [-0.39, 0.29) is 5.91 Å². The number of rotatable bonds is 7. The van der Waals surface area contributed by atoms with Crippen LogP contribution in [0.1, 0.15) is 0 Å². The number of anilines is 2. The maximum atomic E-state index is 12.5. The molecule has 1 saturated heterocycles. The van der Waals surface area contributed by atoms with E-state index < -0.39 is 0 Å². The highest BCUT2D eigenvalue weighted by atomic mass is 16.5. The zero-order valence-corrected chi connectivity index (χ0v) is 17.7. The van der Waals surface area contributed by atoms with Gasteiger partial charge < -0.3 is 24.6 Å². The molecule has 0 atom stereocenters. The van der Waals surface area contributed by atoms with E-state index >= 15 is 0 Å². The Morgan fingerprint density at radius 1 is 0.903 bits per heavy atom. The first-order chi connectivity index (χ1) is 15.2. The normalized spacial score (nSPS) is 14.2. The molecule has 1 amide bonds. The second-order valence-electron chi connectivity index (χ2n) is 7.60. The summed E-state index contributed by atoms with van der Waals surface area (Å²) in [5, 5.41) is 2.99. The van der Waals surface area contributed by atoms with E-state index in [1.165, 1.54) is 10.6 Å². The van der Waals surface area contributed by atoms with Crippen molar-refractivity contribution in [3.8, 4) is 17.2 Å². The van der Waals surface area contributed by atoms with Crippen molar-refractivity contribution in [1.29, 1.82) is 0 Å². The maximum absolute atomic E-state index is 12.5. The molecule has 0 aliphatic carbocycles. The van der Waals surface area contributed by atoms with Gasteiger partial charge in [-0.3, -0.25) is 4.79 Å². The minimum absolute atomic E-state index is 0.0292. The van der Waals surface area contributed by atoms with Crippen LogP contribution in [0.5, 0.6) is 17.2 Å². The molecule has 0 spiro atoms. The number of carbonyl (C=O) groups excluding carboxylic acids is 1. The minimum atomic E-state index is 0.0292. The van der Waals surface area contributed by atoms with E-state index in [0.29, 0.717) is 6.54 Å². The van der Waals surface area contributed by atoms with Crippen LogP contribution in [-0.4, -0.2) is 45.7 Å². The third-order valence-corrected chi connectivity index (χ3v) is 5.42. The minimum Gasteiger partial charge on any atom is -0.497 e. The monoisotopic (exact) mass is 418 g/mol. The second kappa shape index (κ2) is 10.00. The summed E-state index contributed by atoms with van der Waals surface area (Å²) in [4.78, 5) is 16.1. The summed E-state index contributed by atoms with van der Waals surface area (Å²) in [5.41, 5.74) is 1.94. The summed E-state index contributed by atoms with van der Waals surface area (Å²) in [6.45, 7) is 4.15. The number of ether oxygens (including phenoxy) is 2. The lowest BCUT2D eigenvalue weighted by Gasteiger charge is -2.33. The molecule has 1 aliphatic rings. The van der Waals surface area contributed by atoms with Crippen LogP contribution in [0.15, 0.2) is 78.9 Å². The lowest BCUT2D eigenvalue weighted by atomic mass is 10.2. The number of quaternary nitrogens is 1. The van der Waals surface area contributed by atoms with Crippen molar-refractivity contribution in [3.05, 3.63) is 78.9 Å². The van der Waals surface area contributed by atoms with Gasteiger partial charge in [0.05, 0.1) is 33.3 Å². The number of amides is 1. The molecule has 2 N–H and O–H groups in total. The Morgan fingerprint density at radius 3 is 2.29 bits per heavy atom. The van der Waals surface area contributed by atoms with E-state index in [2.05, 4.69) is 22.3 Å². The third-order valence-electron chi connectivity index (χ3n) is 5.42. The van der Waals surface area contributed by atoms with Crippen molar-refractivity contribution >= 4 is 17.3 Å². The van der Waals surface area contributed by atoms with Crippen LogP contribution in [0.3, 0.4) is 0 Å². The Kier molecular flexibility index (Phi) is 6.69. The molecule has 1 heterocycles. The molecule has 6 nitrogen and oxygen atoms in total. The predicted molar refractivity (Wildman–Crippen MR) is 122 cm³/mol. The van der Waals surface area contributed by atoms with Crippen molar-refractivity contribution in [2.24, 2.45) is 0 Å². The number of benzene rings is 3. The number of piperazine rings is 1. The second-order valence-corrected chi connectivity index (χ2v) is 7.60. The smallest absolute Gasteiger partial charge is 0.279 e. The number of nitrogens with zero attached hydrogens (tertiary/aromatic N) is 1. The lowest BCUT2D eigenvalue weighted by Crippen LogP contribution is -3.15. The van der Waals surface area contributed by atoms with Crippen molar-refractivity contribution in [2.75, 3.05) is 50.1 Å². The van der Waals surface area contributed by atoms with Gasteiger partial charge in [-0.15, -0.1) is 0 Å². The molecule has 0 aromatic heterocycles. The Bertz CT molecular complexity index is 984. The van der Waals surface area contributed by atoms with Crippen molar-refractivity contribution in [3.63, 3.8) is 0 Å². The molecule has 4 rings (SSSR count). The van der Waals surface area contributed by atoms with Gasteiger partial charge >= 0.3 is 0 Å². The highest BCUT2D eigenvalue weighted by Gasteiger charge is 2.22. The highest BCUT2D eigenvalue weighted by molar-refractivity contribution is 5.91. The first-order valence-electron chi connectivity index (χ1n) is 10.5. The maximum Gasteiger partial charge on any atom is 0.279 e. The van der Waals surface area contributed by atoms with E-state index in [4.69, 9.17) is 9.47 Å². The van der Waals surface area contributed by atoms with Gasteiger partial charge in [0.25, 0.3) is 5.91 Å². The number of nitrogens with one attached hydrogen (secondary N) is 2. The van der Waals surface area contributed by atoms with Crippen LogP contribution in [0.4, 0.5) is 11.4 Å². The number of para-hydroxylation sites is 1. The SMILES string of the molecule is COc1cccc(N2CC[NH+](CC(=O)Nc3ccc(Oc4ccccc4)cc3)CC2)c1. The molecule has 0 radical (unpaired) electrons. The van der Waals surface area contributed by atoms with E-state index in [9.17, 15) is 4.79 Å². The lowest BCUT2D eigenvalue weighted by molar-refractivity contribution is -0.892. The molecular weight excluding hydrogens is 390 g/mol. The van der Waals surface area contributed by atoms with Gasteiger partial charge in [-0.2, -0.15) is 0 Å². The topological polar surface area (TPSA) is 55.2 Å². The molecular formula is C25H28N3O3+. The molecule has 0 bridgehead atoms. The summed E-state index contributed by atoms with van der Waals surface area (Å²) >= 11 is 0. The highest BCUT2D eigenvalue weighted by Crippen LogP contribution is 2.23. The van der Waals surface area contributed by atoms with Gasteiger partial charge in [-0.1, -0.05) is 24.3 Å². The molecule has 160 valence electrons. The van der Waals surface area contributed by atoms with Gasteiger partial charge in [0, 0.05) is 17.4 Å². The number of carbonyl (C=O) groups is 1. The fourth-order valence-corrected chi connectivity index (χ4v) is 3.73. The van der Waals surface area contributed by atoms with Crippen LogP contribution in [0.25, 0.3) is 0 Å². The van der Waals surface area contributed by atoms with Gasteiger partial charge in [0.2, 0.25) is 0 Å². The van der Waals surface area contributed by atoms with Crippen molar-refractivity contribution < 1.29 is 19.2 Å². The third kappa shape index (κ3) is 5.77. The summed E-state index contributed by atoms with van der Waals surface area (Å²) in [7, 11) is 1.68.